The maximum absolute atomic E-state index is 11.5. The van der Waals surface area contributed by atoms with E-state index >= 15 is 0 Å². The van der Waals surface area contributed by atoms with Crippen molar-refractivity contribution < 1.29 is 19.4 Å². The molecule has 0 saturated carbocycles. The third-order valence-electron chi connectivity index (χ3n) is 2.51. The smallest absolute Gasteiger partial charge is 0.407 e. The van der Waals surface area contributed by atoms with E-state index in [9.17, 15) is 9.59 Å². The Hall–Kier alpha value is -1.26. The van der Waals surface area contributed by atoms with Crippen LogP contribution in [0.2, 0.25) is 0 Å². The predicted molar refractivity (Wildman–Crippen MR) is 64.9 cm³/mol. The number of carboxylic acids is 1. The normalized spacial score (nSPS) is 14.0. The summed E-state index contributed by atoms with van der Waals surface area (Å²) in [6.45, 7) is 10.7. The quantitative estimate of drug-likeness (QED) is 0.797. The summed E-state index contributed by atoms with van der Waals surface area (Å²) in [5.41, 5.74) is -1.08. The number of carboxylic acid groups (broad SMARTS) is 1. The van der Waals surface area contributed by atoms with Crippen molar-refractivity contribution in [3.63, 3.8) is 0 Å². The fourth-order valence-corrected chi connectivity index (χ4v) is 1.22. The third-order valence-corrected chi connectivity index (χ3v) is 2.51. The summed E-state index contributed by atoms with van der Waals surface area (Å²) in [7, 11) is 0. The maximum Gasteiger partial charge on any atom is 0.407 e. The Morgan fingerprint density at radius 3 is 2.06 bits per heavy atom. The number of nitrogens with one attached hydrogen (secondary N) is 1. The highest BCUT2D eigenvalue weighted by Crippen LogP contribution is 2.25. The molecule has 0 bridgehead atoms. The first-order valence-electron chi connectivity index (χ1n) is 5.65. The molecule has 1 unspecified atom stereocenters. The predicted octanol–water partition coefficient (Wildman–Crippen LogP) is 2.40. The molecule has 0 aliphatic carbocycles. The van der Waals surface area contributed by atoms with Gasteiger partial charge in [-0.2, -0.15) is 0 Å². The summed E-state index contributed by atoms with van der Waals surface area (Å²) in [6, 6.07) is -0.284. The summed E-state index contributed by atoms with van der Waals surface area (Å²) >= 11 is 0. The first kappa shape index (κ1) is 15.7. The number of hydrogen-bond donors (Lipinski definition) is 2. The molecular weight excluding hydrogens is 222 g/mol. The Morgan fingerprint density at radius 2 is 1.71 bits per heavy atom. The van der Waals surface area contributed by atoms with E-state index in [0.717, 1.165) is 0 Å². The second-order valence-corrected chi connectivity index (χ2v) is 5.93. The number of alkyl carbamates (subject to hydrolysis) is 1. The zero-order valence-electron chi connectivity index (χ0n) is 11.5. The number of rotatable bonds is 4. The minimum absolute atomic E-state index is 0.00996. The van der Waals surface area contributed by atoms with Crippen LogP contribution in [0.3, 0.4) is 0 Å². The van der Waals surface area contributed by atoms with Crippen LogP contribution < -0.4 is 5.32 Å². The molecule has 0 aromatic heterocycles. The van der Waals surface area contributed by atoms with Crippen LogP contribution in [0.5, 0.6) is 0 Å². The number of ether oxygens (including phenoxy) is 1. The fourth-order valence-electron chi connectivity index (χ4n) is 1.22. The van der Waals surface area contributed by atoms with Crippen LogP contribution in [0, 0.1) is 5.41 Å². The summed E-state index contributed by atoms with van der Waals surface area (Å²) in [4.78, 5) is 22.2. The van der Waals surface area contributed by atoms with Crippen molar-refractivity contribution >= 4 is 12.1 Å². The van der Waals surface area contributed by atoms with Gasteiger partial charge in [-0.1, -0.05) is 13.8 Å². The Morgan fingerprint density at radius 1 is 1.24 bits per heavy atom. The van der Waals surface area contributed by atoms with Crippen LogP contribution in [0.15, 0.2) is 0 Å². The van der Waals surface area contributed by atoms with Gasteiger partial charge in [-0.25, -0.2) is 4.79 Å². The highest BCUT2D eigenvalue weighted by atomic mass is 16.6. The Kier molecular flexibility index (Phi) is 4.98. The average Bonchev–Trinajstić information content (AvgIpc) is 1.96. The Balaban J connectivity index is 4.38. The van der Waals surface area contributed by atoms with Gasteiger partial charge < -0.3 is 15.2 Å². The summed E-state index contributed by atoms with van der Waals surface area (Å²) in [5.74, 6) is -0.882. The standard InChI is InChI=1S/C12H23NO4/c1-8(12(5,6)7-9(14)15)13-10(16)17-11(2,3)4/h8H,7H2,1-6H3,(H,13,16)(H,14,15). The Bertz CT molecular complexity index is 291. The van der Waals surface area contributed by atoms with Gasteiger partial charge in [0.2, 0.25) is 0 Å². The molecular formula is C12H23NO4. The summed E-state index contributed by atoms with van der Waals surface area (Å²) in [5, 5.41) is 11.4. The molecule has 17 heavy (non-hydrogen) atoms. The molecule has 5 nitrogen and oxygen atoms in total. The van der Waals surface area contributed by atoms with Crippen molar-refractivity contribution in [3.05, 3.63) is 0 Å². The van der Waals surface area contributed by atoms with E-state index in [2.05, 4.69) is 5.32 Å². The van der Waals surface area contributed by atoms with Crippen LogP contribution in [0.4, 0.5) is 4.79 Å². The molecule has 2 N–H and O–H groups in total. The van der Waals surface area contributed by atoms with Crippen molar-refractivity contribution in [2.75, 3.05) is 0 Å². The molecule has 0 aliphatic heterocycles. The monoisotopic (exact) mass is 245 g/mol. The molecule has 0 rings (SSSR count). The second kappa shape index (κ2) is 5.38. The van der Waals surface area contributed by atoms with Gasteiger partial charge in [0.1, 0.15) is 5.60 Å². The third kappa shape index (κ3) is 6.81. The van der Waals surface area contributed by atoms with Crippen LogP contribution in [0.25, 0.3) is 0 Å². The molecule has 0 spiro atoms. The van der Waals surface area contributed by atoms with E-state index in [1.807, 2.05) is 0 Å². The molecule has 0 fully saturated rings. The lowest BCUT2D eigenvalue weighted by atomic mass is 9.82. The van der Waals surface area contributed by atoms with E-state index in [1.54, 1.807) is 41.5 Å². The van der Waals surface area contributed by atoms with Crippen molar-refractivity contribution in [2.24, 2.45) is 5.41 Å². The molecule has 0 aromatic carbocycles. The lowest BCUT2D eigenvalue weighted by molar-refractivity contribution is -0.139. The lowest BCUT2D eigenvalue weighted by Crippen LogP contribution is -2.45. The topological polar surface area (TPSA) is 75.6 Å². The average molecular weight is 245 g/mol. The molecule has 0 saturated heterocycles. The highest BCUT2D eigenvalue weighted by molar-refractivity contribution is 5.69. The minimum Gasteiger partial charge on any atom is -0.481 e. The number of carbonyl (C=O) groups excluding carboxylic acids is 1. The van der Waals surface area contributed by atoms with Gasteiger partial charge >= 0.3 is 12.1 Å². The van der Waals surface area contributed by atoms with Gasteiger partial charge in [0.15, 0.2) is 0 Å². The van der Waals surface area contributed by atoms with E-state index < -0.39 is 23.1 Å². The lowest BCUT2D eigenvalue weighted by Gasteiger charge is -2.31. The number of amides is 1. The van der Waals surface area contributed by atoms with Gasteiger partial charge in [0.05, 0.1) is 6.42 Å². The molecule has 0 radical (unpaired) electrons. The molecule has 1 amide bonds. The van der Waals surface area contributed by atoms with Crippen LogP contribution in [0.1, 0.15) is 48.0 Å². The van der Waals surface area contributed by atoms with Gasteiger partial charge in [0.25, 0.3) is 0 Å². The first-order chi connectivity index (χ1) is 7.44. The molecule has 5 heteroatoms. The molecule has 0 aromatic rings. The number of carbonyl (C=O) groups is 2. The molecule has 100 valence electrons. The van der Waals surface area contributed by atoms with Crippen molar-refractivity contribution in [2.45, 2.75) is 59.6 Å². The van der Waals surface area contributed by atoms with Crippen molar-refractivity contribution in [1.82, 2.24) is 5.32 Å². The van der Waals surface area contributed by atoms with Crippen molar-refractivity contribution in [1.29, 1.82) is 0 Å². The molecule has 1 atom stereocenters. The zero-order chi connectivity index (χ0) is 13.9. The largest absolute Gasteiger partial charge is 0.481 e. The van der Waals surface area contributed by atoms with Crippen molar-refractivity contribution in [3.8, 4) is 0 Å². The van der Waals surface area contributed by atoms with Crippen LogP contribution >= 0.6 is 0 Å². The SMILES string of the molecule is CC(NC(=O)OC(C)(C)C)C(C)(C)CC(=O)O. The second-order valence-electron chi connectivity index (χ2n) is 5.93. The molecule has 0 heterocycles. The van der Waals surface area contributed by atoms with Gasteiger partial charge in [-0.05, 0) is 33.1 Å². The van der Waals surface area contributed by atoms with Crippen LogP contribution in [-0.2, 0) is 9.53 Å². The Labute approximate surface area is 103 Å². The van der Waals surface area contributed by atoms with E-state index in [1.165, 1.54) is 0 Å². The summed E-state index contributed by atoms with van der Waals surface area (Å²) in [6.07, 6.45) is -0.535. The van der Waals surface area contributed by atoms with Gasteiger partial charge in [-0.3, -0.25) is 4.79 Å². The number of aliphatic carboxylic acids is 1. The zero-order valence-corrected chi connectivity index (χ0v) is 11.5. The summed E-state index contributed by atoms with van der Waals surface area (Å²) < 4.78 is 5.11. The fraction of sp³-hybridized carbons (Fsp3) is 0.833. The van der Waals surface area contributed by atoms with E-state index in [0.29, 0.717) is 0 Å². The van der Waals surface area contributed by atoms with E-state index in [-0.39, 0.29) is 12.5 Å². The van der Waals surface area contributed by atoms with Gasteiger partial charge in [-0.15, -0.1) is 0 Å². The highest BCUT2D eigenvalue weighted by Gasteiger charge is 2.31. The van der Waals surface area contributed by atoms with Gasteiger partial charge in [0, 0.05) is 6.04 Å². The number of hydrogen-bond acceptors (Lipinski definition) is 3. The minimum atomic E-state index is -0.882. The molecule has 0 aliphatic rings. The first-order valence-corrected chi connectivity index (χ1v) is 5.65. The van der Waals surface area contributed by atoms with Crippen LogP contribution in [-0.4, -0.2) is 28.8 Å². The maximum atomic E-state index is 11.5. The van der Waals surface area contributed by atoms with E-state index in [4.69, 9.17) is 9.84 Å².